The van der Waals surface area contributed by atoms with Crippen molar-refractivity contribution in [1.82, 2.24) is 9.80 Å². The second-order valence-corrected chi connectivity index (χ2v) is 10.6. The minimum atomic E-state index is -0.349. The van der Waals surface area contributed by atoms with Gasteiger partial charge in [-0.15, -0.1) is 12.4 Å². The molecule has 2 atom stereocenters. The summed E-state index contributed by atoms with van der Waals surface area (Å²) in [4.78, 5) is 31.2. The summed E-state index contributed by atoms with van der Waals surface area (Å²) in [5.41, 5.74) is 1.09. The number of carbonyl (C=O) groups excluding carboxylic acids is 2. The van der Waals surface area contributed by atoms with Gasteiger partial charge in [0.2, 0.25) is 0 Å². The summed E-state index contributed by atoms with van der Waals surface area (Å²) in [7, 11) is 0. The van der Waals surface area contributed by atoms with Crippen LogP contribution in [-0.4, -0.2) is 87.1 Å². The number of benzene rings is 2. The van der Waals surface area contributed by atoms with E-state index in [1.807, 2.05) is 0 Å². The molecule has 0 bridgehead atoms. The first-order valence-electron chi connectivity index (χ1n) is 14.2. The Bertz CT molecular complexity index is 959. The van der Waals surface area contributed by atoms with E-state index in [0.29, 0.717) is 50.6 Å². The number of ether oxygens (including phenoxy) is 2. The molecule has 0 amide bonds. The van der Waals surface area contributed by atoms with E-state index >= 15 is 0 Å². The molecule has 0 N–H and O–H groups in total. The molecule has 0 aliphatic carbocycles. The third-order valence-corrected chi connectivity index (χ3v) is 7.77. The van der Waals surface area contributed by atoms with Crippen LogP contribution in [0.5, 0.6) is 0 Å². The lowest BCUT2D eigenvalue weighted by Gasteiger charge is -2.30. The molecule has 220 valence electrons. The summed E-state index contributed by atoms with van der Waals surface area (Å²) in [6.07, 6.45) is 4.14. The molecule has 2 aliphatic rings. The quantitative estimate of drug-likeness (QED) is 0.224. The van der Waals surface area contributed by atoms with Gasteiger partial charge in [-0.1, -0.05) is 19.3 Å². The van der Waals surface area contributed by atoms with E-state index in [1.165, 1.54) is 24.3 Å². The lowest BCUT2D eigenvalue weighted by molar-refractivity contribution is 0.0288. The van der Waals surface area contributed by atoms with Crippen molar-refractivity contribution in [3.63, 3.8) is 0 Å². The number of Topliss-reactive ketones (excluding diaryl/α,β-unsaturated/α-hetero) is 2. The monoisotopic (exact) mass is 578 g/mol. The third-order valence-electron chi connectivity index (χ3n) is 7.77. The number of halogens is 3. The van der Waals surface area contributed by atoms with E-state index in [4.69, 9.17) is 9.47 Å². The Morgan fingerprint density at radius 1 is 0.625 bits per heavy atom. The minimum Gasteiger partial charge on any atom is -0.379 e. The van der Waals surface area contributed by atoms with Crippen LogP contribution in [-0.2, 0) is 9.47 Å². The smallest absolute Gasteiger partial charge is 0.167 e. The van der Waals surface area contributed by atoms with Crippen molar-refractivity contribution < 1.29 is 27.8 Å². The highest BCUT2D eigenvalue weighted by Gasteiger charge is 2.26. The number of morpholine rings is 2. The molecule has 9 heteroatoms. The molecular weight excluding hydrogens is 538 g/mol. The summed E-state index contributed by atoms with van der Waals surface area (Å²) in [5.74, 6) is -0.926. The largest absolute Gasteiger partial charge is 0.379 e. The van der Waals surface area contributed by atoms with E-state index in [-0.39, 0.29) is 47.4 Å². The number of nitrogens with zero attached hydrogens (tertiary/aromatic N) is 2. The Morgan fingerprint density at radius 2 is 0.975 bits per heavy atom. The second kappa shape index (κ2) is 16.9. The van der Waals surface area contributed by atoms with Gasteiger partial charge in [-0.25, -0.2) is 8.78 Å². The number of hydrogen-bond acceptors (Lipinski definition) is 6. The maximum Gasteiger partial charge on any atom is 0.167 e. The van der Waals surface area contributed by atoms with Crippen LogP contribution in [0.4, 0.5) is 8.78 Å². The first-order valence-corrected chi connectivity index (χ1v) is 14.2. The predicted octanol–water partition coefficient (Wildman–Crippen LogP) is 5.30. The molecule has 0 radical (unpaired) electrons. The fourth-order valence-electron chi connectivity index (χ4n) is 5.46. The molecule has 2 heterocycles. The van der Waals surface area contributed by atoms with Crippen molar-refractivity contribution in [2.24, 2.45) is 11.8 Å². The van der Waals surface area contributed by atoms with Crippen LogP contribution in [0.3, 0.4) is 0 Å². The molecule has 0 aromatic heterocycles. The van der Waals surface area contributed by atoms with Crippen LogP contribution >= 0.6 is 12.4 Å². The highest BCUT2D eigenvalue weighted by Crippen LogP contribution is 2.22. The lowest BCUT2D eigenvalue weighted by Crippen LogP contribution is -2.41. The second-order valence-electron chi connectivity index (χ2n) is 10.6. The summed E-state index contributed by atoms with van der Waals surface area (Å²) < 4.78 is 37.8. The molecule has 4 rings (SSSR count). The first kappa shape index (κ1) is 32.3. The normalized spacial score (nSPS) is 18.1. The maximum atomic E-state index is 13.4. The zero-order valence-electron chi connectivity index (χ0n) is 23.1. The van der Waals surface area contributed by atoms with Crippen molar-refractivity contribution in [2.45, 2.75) is 32.1 Å². The molecule has 2 saturated heterocycles. The summed E-state index contributed by atoms with van der Waals surface area (Å²) in [6.45, 7) is 7.25. The molecule has 2 fully saturated rings. The van der Waals surface area contributed by atoms with Gasteiger partial charge in [0.1, 0.15) is 11.6 Å². The van der Waals surface area contributed by atoms with E-state index in [2.05, 4.69) is 9.80 Å². The maximum absolute atomic E-state index is 13.4. The lowest BCUT2D eigenvalue weighted by atomic mass is 9.89. The average molecular weight is 579 g/mol. The van der Waals surface area contributed by atoms with Gasteiger partial charge in [0.15, 0.2) is 11.6 Å². The average Bonchev–Trinajstić information content (AvgIpc) is 2.97. The summed E-state index contributed by atoms with van der Waals surface area (Å²) in [5, 5.41) is 0. The fourth-order valence-corrected chi connectivity index (χ4v) is 5.46. The van der Waals surface area contributed by atoms with Crippen LogP contribution in [0.25, 0.3) is 0 Å². The number of hydrogen-bond donors (Lipinski definition) is 0. The Balaban J connectivity index is 0.00000441. The van der Waals surface area contributed by atoms with E-state index in [1.54, 1.807) is 24.3 Å². The standard InChI is InChI=1S/C31H40F2N2O4.ClH/c32-28-10-6-24(7-11-28)30(36)26(22-34-14-18-38-19-15-34)4-2-1-3-5-27(23-35-16-20-39-21-17-35)31(37)25-8-12-29(33)13-9-25;/h6-13,26-27H,1-5,14-23H2;1H. The number of ketones is 2. The molecule has 2 unspecified atom stereocenters. The number of rotatable bonds is 14. The molecule has 2 aromatic carbocycles. The van der Waals surface area contributed by atoms with E-state index in [0.717, 1.165) is 58.3 Å². The van der Waals surface area contributed by atoms with Crippen LogP contribution in [0.15, 0.2) is 48.5 Å². The van der Waals surface area contributed by atoms with Crippen molar-refractivity contribution >= 4 is 24.0 Å². The van der Waals surface area contributed by atoms with Crippen LogP contribution in [0.1, 0.15) is 52.8 Å². The van der Waals surface area contributed by atoms with Gasteiger partial charge in [0.05, 0.1) is 26.4 Å². The highest BCUT2D eigenvalue weighted by molar-refractivity contribution is 5.98. The van der Waals surface area contributed by atoms with E-state index in [9.17, 15) is 18.4 Å². The molecule has 2 aliphatic heterocycles. The van der Waals surface area contributed by atoms with Gasteiger partial charge < -0.3 is 9.47 Å². The van der Waals surface area contributed by atoms with Gasteiger partial charge >= 0.3 is 0 Å². The number of carbonyl (C=O) groups is 2. The van der Waals surface area contributed by atoms with Crippen LogP contribution in [0, 0.1) is 23.5 Å². The Hall–Kier alpha value is -2.23. The molecular formula is C31H41ClF2N2O4. The predicted molar refractivity (Wildman–Crippen MR) is 153 cm³/mol. The van der Waals surface area contributed by atoms with Gasteiger partial charge in [0.25, 0.3) is 0 Å². The third kappa shape index (κ3) is 10.00. The van der Waals surface area contributed by atoms with Crippen molar-refractivity contribution in [3.05, 3.63) is 71.3 Å². The minimum absolute atomic E-state index is 0. The molecule has 6 nitrogen and oxygen atoms in total. The zero-order valence-corrected chi connectivity index (χ0v) is 23.9. The summed E-state index contributed by atoms with van der Waals surface area (Å²) in [6, 6.07) is 11.6. The first-order chi connectivity index (χ1) is 19.0. The topological polar surface area (TPSA) is 59.1 Å². The molecule has 40 heavy (non-hydrogen) atoms. The Morgan fingerprint density at radius 3 is 1.32 bits per heavy atom. The van der Waals surface area contributed by atoms with Crippen LogP contribution < -0.4 is 0 Å². The SMILES string of the molecule is Cl.O=C(c1ccc(F)cc1)C(CCCCCC(CN1CCOCC1)C(=O)c1ccc(F)cc1)CN1CCOCC1. The molecule has 0 saturated carbocycles. The van der Waals surface area contributed by atoms with Crippen molar-refractivity contribution in [3.8, 4) is 0 Å². The van der Waals surface area contributed by atoms with Gasteiger partial charge in [-0.3, -0.25) is 19.4 Å². The molecule has 2 aromatic rings. The van der Waals surface area contributed by atoms with Gasteiger partial charge in [-0.2, -0.15) is 0 Å². The van der Waals surface area contributed by atoms with Crippen LogP contribution in [0.2, 0.25) is 0 Å². The molecule has 0 spiro atoms. The Labute approximate surface area is 242 Å². The fraction of sp³-hybridized carbons (Fsp3) is 0.548. The highest BCUT2D eigenvalue weighted by atomic mass is 35.5. The van der Waals surface area contributed by atoms with Crippen molar-refractivity contribution in [1.29, 1.82) is 0 Å². The Kier molecular flexibility index (Phi) is 13.6. The van der Waals surface area contributed by atoms with E-state index < -0.39 is 0 Å². The zero-order chi connectivity index (χ0) is 27.5. The van der Waals surface area contributed by atoms with Gasteiger partial charge in [-0.05, 0) is 61.4 Å². The number of unbranched alkanes of at least 4 members (excludes halogenated alkanes) is 2. The van der Waals surface area contributed by atoms with Gasteiger partial charge in [0, 0.05) is 62.2 Å². The van der Waals surface area contributed by atoms with Crippen molar-refractivity contribution in [2.75, 3.05) is 65.7 Å². The summed E-state index contributed by atoms with van der Waals surface area (Å²) >= 11 is 0.